The second-order valence-electron chi connectivity index (χ2n) is 4.60. The molecule has 0 saturated heterocycles. The Bertz CT molecular complexity index is 511. The number of hydrogen-bond acceptors (Lipinski definition) is 3. The van der Waals surface area contributed by atoms with Crippen LogP contribution in [0.25, 0.3) is 0 Å². The monoisotopic (exact) mass is 288 g/mol. The molecular formula is C16H20N2OS. The van der Waals surface area contributed by atoms with E-state index < -0.39 is 0 Å². The third kappa shape index (κ3) is 4.18. The molecule has 0 aliphatic rings. The van der Waals surface area contributed by atoms with Gasteiger partial charge in [0.1, 0.15) is 0 Å². The molecule has 1 aromatic heterocycles. The first-order valence-corrected chi connectivity index (χ1v) is 7.77. The fourth-order valence-corrected chi connectivity index (χ4v) is 2.81. The second kappa shape index (κ2) is 7.82. The topological polar surface area (TPSA) is 41.1 Å². The van der Waals surface area contributed by atoms with Gasteiger partial charge in [-0.1, -0.05) is 43.3 Å². The Hall–Kier alpha value is -1.65. The van der Waals surface area contributed by atoms with Crippen molar-refractivity contribution in [3.8, 4) is 0 Å². The molecule has 3 nitrogen and oxygen atoms in total. The van der Waals surface area contributed by atoms with Gasteiger partial charge in [-0.25, -0.2) is 0 Å². The maximum atomic E-state index is 12.0. The standard InChI is InChI=1S/C16H20N2OS/c1-2-10-17-12-15(19)18-16(14-9-6-11-20-14)13-7-4-3-5-8-13/h3-9,11,16-17H,2,10,12H2,1H3,(H,18,19). The summed E-state index contributed by atoms with van der Waals surface area (Å²) >= 11 is 1.66. The molecule has 20 heavy (non-hydrogen) atoms. The number of rotatable bonds is 7. The molecule has 1 unspecified atom stereocenters. The minimum atomic E-state index is -0.0628. The van der Waals surface area contributed by atoms with Crippen molar-refractivity contribution < 1.29 is 4.79 Å². The van der Waals surface area contributed by atoms with E-state index in [0.717, 1.165) is 23.4 Å². The van der Waals surface area contributed by atoms with E-state index in [0.29, 0.717) is 6.54 Å². The lowest BCUT2D eigenvalue weighted by Gasteiger charge is -2.18. The van der Waals surface area contributed by atoms with Gasteiger partial charge in [-0.2, -0.15) is 0 Å². The summed E-state index contributed by atoms with van der Waals surface area (Å²) in [6.07, 6.45) is 1.03. The van der Waals surface area contributed by atoms with Crippen LogP contribution in [0.5, 0.6) is 0 Å². The molecule has 0 saturated carbocycles. The predicted molar refractivity (Wildman–Crippen MR) is 83.9 cm³/mol. The van der Waals surface area contributed by atoms with Crippen molar-refractivity contribution in [1.82, 2.24) is 10.6 Å². The van der Waals surface area contributed by atoms with Crippen molar-refractivity contribution in [1.29, 1.82) is 0 Å². The average Bonchev–Trinajstić information content (AvgIpc) is 3.00. The summed E-state index contributed by atoms with van der Waals surface area (Å²) < 4.78 is 0. The van der Waals surface area contributed by atoms with Crippen LogP contribution in [0.1, 0.15) is 29.8 Å². The summed E-state index contributed by atoms with van der Waals surface area (Å²) in [6, 6.07) is 14.1. The van der Waals surface area contributed by atoms with E-state index in [1.165, 1.54) is 0 Å². The maximum absolute atomic E-state index is 12.0. The van der Waals surface area contributed by atoms with Gasteiger partial charge < -0.3 is 10.6 Å². The van der Waals surface area contributed by atoms with Crippen LogP contribution in [0.15, 0.2) is 47.8 Å². The normalized spacial score (nSPS) is 12.1. The number of thiophene rings is 1. The van der Waals surface area contributed by atoms with Crippen LogP contribution in [-0.4, -0.2) is 19.0 Å². The van der Waals surface area contributed by atoms with Crippen LogP contribution in [0, 0.1) is 0 Å². The lowest BCUT2D eigenvalue weighted by Crippen LogP contribution is -2.36. The molecule has 0 aliphatic carbocycles. The first-order valence-electron chi connectivity index (χ1n) is 6.89. The Morgan fingerprint density at radius 3 is 2.65 bits per heavy atom. The molecule has 1 amide bonds. The van der Waals surface area contributed by atoms with Gasteiger partial charge >= 0.3 is 0 Å². The molecule has 4 heteroatoms. The highest BCUT2D eigenvalue weighted by atomic mass is 32.1. The van der Waals surface area contributed by atoms with Crippen LogP contribution in [-0.2, 0) is 4.79 Å². The van der Waals surface area contributed by atoms with Gasteiger partial charge in [-0.3, -0.25) is 4.79 Å². The molecule has 0 spiro atoms. The van der Waals surface area contributed by atoms with Crippen LogP contribution in [0.4, 0.5) is 0 Å². The molecule has 2 N–H and O–H groups in total. The molecule has 1 heterocycles. The number of carbonyl (C=O) groups excluding carboxylic acids is 1. The molecule has 0 bridgehead atoms. The fraction of sp³-hybridized carbons (Fsp3) is 0.312. The molecule has 2 rings (SSSR count). The summed E-state index contributed by atoms with van der Waals surface area (Å²) in [5.74, 6) is 0.0284. The maximum Gasteiger partial charge on any atom is 0.234 e. The highest BCUT2D eigenvalue weighted by Crippen LogP contribution is 2.25. The quantitative estimate of drug-likeness (QED) is 0.769. The van der Waals surface area contributed by atoms with Gasteiger partial charge in [-0.05, 0) is 30.0 Å². The first kappa shape index (κ1) is 14.8. The number of benzene rings is 1. The van der Waals surface area contributed by atoms with Gasteiger partial charge in [0.05, 0.1) is 12.6 Å². The summed E-state index contributed by atoms with van der Waals surface area (Å²) in [5, 5.41) is 8.27. The summed E-state index contributed by atoms with van der Waals surface area (Å²) in [4.78, 5) is 13.2. The van der Waals surface area contributed by atoms with E-state index in [1.807, 2.05) is 41.8 Å². The zero-order valence-corrected chi connectivity index (χ0v) is 12.5. The van der Waals surface area contributed by atoms with E-state index in [-0.39, 0.29) is 11.9 Å². The van der Waals surface area contributed by atoms with Crippen molar-refractivity contribution in [2.24, 2.45) is 0 Å². The fourth-order valence-electron chi connectivity index (χ4n) is 2.01. The third-order valence-electron chi connectivity index (χ3n) is 2.98. The zero-order valence-electron chi connectivity index (χ0n) is 11.6. The predicted octanol–water partition coefficient (Wildman–Crippen LogP) is 2.95. The van der Waals surface area contributed by atoms with Gasteiger partial charge in [-0.15, -0.1) is 11.3 Å². The number of carbonyl (C=O) groups is 1. The summed E-state index contributed by atoms with van der Waals surface area (Å²) in [6.45, 7) is 3.31. The molecule has 2 aromatic rings. The Balaban J connectivity index is 2.06. The Morgan fingerprint density at radius 1 is 1.20 bits per heavy atom. The Kier molecular flexibility index (Phi) is 5.77. The number of hydrogen-bond donors (Lipinski definition) is 2. The summed E-state index contributed by atoms with van der Waals surface area (Å²) in [7, 11) is 0. The van der Waals surface area contributed by atoms with E-state index in [4.69, 9.17) is 0 Å². The molecule has 0 fully saturated rings. The second-order valence-corrected chi connectivity index (χ2v) is 5.58. The SMILES string of the molecule is CCCNCC(=O)NC(c1ccccc1)c1cccs1. The molecule has 1 atom stereocenters. The van der Waals surface area contributed by atoms with Crippen molar-refractivity contribution in [2.75, 3.05) is 13.1 Å². The van der Waals surface area contributed by atoms with Crippen LogP contribution >= 0.6 is 11.3 Å². The van der Waals surface area contributed by atoms with Crippen LogP contribution in [0.2, 0.25) is 0 Å². The number of nitrogens with one attached hydrogen (secondary N) is 2. The van der Waals surface area contributed by atoms with Gasteiger partial charge in [0.2, 0.25) is 5.91 Å². The highest BCUT2D eigenvalue weighted by molar-refractivity contribution is 7.10. The van der Waals surface area contributed by atoms with Crippen molar-refractivity contribution in [2.45, 2.75) is 19.4 Å². The smallest absolute Gasteiger partial charge is 0.234 e. The van der Waals surface area contributed by atoms with Crippen molar-refractivity contribution in [3.63, 3.8) is 0 Å². The first-order chi connectivity index (χ1) is 9.81. The molecule has 106 valence electrons. The van der Waals surface area contributed by atoms with Gasteiger partial charge in [0, 0.05) is 4.88 Å². The minimum Gasteiger partial charge on any atom is -0.343 e. The van der Waals surface area contributed by atoms with E-state index >= 15 is 0 Å². The molecule has 0 radical (unpaired) electrons. The van der Waals surface area contributed by atoms with Gasteiger partial charge in [0.25, 0.3) is 0 Å². The summed E-state index contributed by atoms with van der Waals surface area (Å²) in [5.41, 5.74) is 1.11. The largest absolute Gasteiger partial charge is 0.343 e. The molecule has 1 aromatic carbocycles. The van der Waals surface area contributed by atoms with Crippen molar-refractivity contribution in [3.05, 3.63) is 58.3 Å². The van der Waals surface area contributed by atoms with Crippen LogP contribution in [0.3, 0.4) is 0 Å². The van der Waals surface area contributed by atoms with E-state index in [1.54, 1.807) is 11.3 Å². The zero-order chi connectivity index (χ0) is 14.2. The highest BCUT2D eigenvalue weighted by Gasteiger charge is 2.17. The molecule has 0 aliphatic heterocycles. The Morgan fingerprint density at radius 2 is 2.00 bits per heavy atom. The van der Waals surface area contributed by atoms with Crippen molar-refractivity contribution >= 4 is 17.2 Å². The van der Waals surface area contributed by atoms with Crippen LogP contribution < -0.4 is 10.6 Å². The minimum absolute atomic E-state index is 0.0284. The lowest BCUT2D eigenvalue weighted by atomic mass is 10.1. The third-order valence-corrected chi connectivity index (χ3v) is 3.92. The van der Waals surface area contributed by atoms with E-state index in [2.05, 4.69) is 23.6 Å². The number of amides is 1. The van der Waals surface area contributed by atoms with Gasteiger partial charge in [0.15, 0.2) is 0 Å². The Labute approximate surface area is 124 Å². The average molecular weight is 288 g/mol. The molecular weight excluding hydrogens is 268 g/mol. The lowest BCUT2D eigenvalue weighted by molar-refractivity contribution is -0.120. The van der Waals surface area contributed by atoms with E-state index in [9.17, 15) is 4.79 Å².